The third kappa shape index (κ3) is 2.79. The van der Waals surface area contributed by atoms with Crippen molar-refractivity contribution >= 4 is 46.2 Å². The standard InChI is InChI=1S/C18H17Cl2N3O3/c1-18(2)7-9-13-12(6-8(16(24)25)15(9)26-18)21-17(22-13)23-14-10(19)4-3-5-11(14)20/h3-6,17,21-23H,7H2,1-2H3,(H,24,25). The molecule has 4 rings (SSSR count). The number of carboxylic acid groups (broad SMARTS) is 1. The van der Waals surface area contributed by atoms with E-state index in [0.29, 0.717) is 33.6 Å². The Morgan fingerprint density at radius 2 is 2.00 bits per heavy atom. The van der Waals surface area contributed by atoms with Crippen molar-refractivity contribution in [1.82, 2.24) is 0 Å². The number of carbonyl (C=O) groups is 1. The number of halogens is 2. The number of ether oxygens (including phenoxy) is 1. The van der Waals surface area contributed by atoms with E-state index in [1.54, 1.807) is 24.3 Å². The summed E-state index contributed by atoms with van der Waals surface area (Å²) >= 11 is 12.4. The summed E-state index contributed by atoms with van der Waals surface area (Å²) in [6.45, 7) is 3.87. The molecule has 136 valence electrons. The highest BCUT2D eigenvalue weighted by atomic mass is 35.5. The highest BCUT2D eigenvalue weighted by molar-refractivity contribution is 6.39. The number of hydrogen-bond acceptors (Lipinski definition) is 5. The highest BCUT2D eigenvalue weighted by Crippen LogP contribution is 2.48. The number of para-hydroxylation sites is 1. The van der Waals surface area contributed by atoms with Crippen molar-refractivity contribution in [2.24, 2.45) is 0 Å². The Hall–Kier alpha value is -2.31. The average Bonchev–Trinajstić information content (AvgIpc) is 3.09. The Balaban J connectivity index is 1.69. The zero-order chi connectivity index (χ0) is 18.6. The number of carboxylic acids is 1. The maximum atomic E-state index is 11.7. The van der Waals surface area contributed by atoms with E-state index in [9.17, 15) is 9.90 Å². The quantitative estimate of drug-likeness (QED) is 0.607. The van der Waals surface area contributed by atoms with Crippen LogP contribution in [-0.4, -0.2) is 23.0 Å². The van der Waals surface area contributed by atoms with Crippen molar-refractivity contribution in [1.29, 1.82) is 0 Å². The lowest BCUT2D eigenvalue weighted by Gasteiger charge is -2.18. The summed E-state index contributed by atoms with van der Waals surface area (Å²) in [7, 11) is 0. The summed E-state index contributed by atoms with van der Waals surface area (Å²) in [6.07, 6.45) is 0.222. The van der Waals surface area contributed by atoms with Gasteiger partial charge in [0.05, 0.1) is 27.1 Å². The molecule has 0 aromatic heterocycles. The molecular weight excluding hydrogens is 377 g/mol. The molecule has 6 nitrogen and oxygen atoms in total. The first-order valence-corrected chi connectivity index (χ1v) is 8.86. The number of benzene rings is 2. The van der Waals surface area contributed by atoms with Crippen molar-refractivity contribution in [2.75, 3.05) is 16.0 Å². The van der Waals surface area contributed by atoms with Gasteiger partial charge >= 0.3 is 5.97 Å². The fourth-order valence-electron chi connectivity index (χ4n) is 3.37. The molecule has 1 unspecified atom stereocenters. The number of fused-ring (bicyclic) bond motifs is 3. The minimum atomic E-state index is -1.02. The van der Waals surface area contributed by atoms with E-state index >= 15 is 0 Å². The van der Waals surface area contributed by atoms with Gasteiger partial charge in [-0.15, -0.1) is 0 Å². The molecule has 2 aliphatic heterocycles. The van der Waals surface area contributed by atoms with Crippen molar-refractivity contribution in [2.45, 2.75) is 32.2 Å². The topological polar surface area (TPSA) is 82.6 Å². The van der Waals surface area contributed by atoms with Crippen molar-refractivity contribution in [3.8, 4) is 5.75 Å². The van der Waals surface area contributed by atoms with Gasteiger partial charge in [0.15, 0.2) is 6.29 Å². The van der Waals surface area contributed by atoms with Crippen LogP contribution in [-0.2, 0) is 6.42 Å². The second kappa shape index (κ2) is 5.86. The fourth-order valence-corrected chi connectivity index (χ4v) is 3.88. The third-order valence-corrected chi connectivity index (χ3v) is 5.06. The molecule has 0 fully saturated rings. The van der Waals surface area contributed by atoms with Crippen molar-refractivity contribution < 1.29 is 14.6 Å². The van der Waals surface area contributed by atoms with Gasteiger partial charge in [-0.05, 0) is 32.0 Å². The minimum Gasteiger partial charge on any atom is -0.486 e. The minimum absolute atomic E-state index is 0.148. The van der Waals surface area contributed by atoms with E-state index in [4.69, 9.17) is 27.9 Å². The SMILES string of the molecule is CC1(C)Cc2c3c(cc(C(=O)O)c2O1)NC(Nc1c(Cl)cccc1Cl)N3. The summed E-state index contributed by atoms with van der Waals surface area (Å²) in [5.74, 6) is -0.596. The van der Waals surface area contributed by atoms with Crippen LogP contribution >= 0.6 is 23.2 Å². The molecule has 2 aromatic carbocycles. The number of rotatable bonds is 3. The first kappa shape index (κ1) is 17.1. The number of nitrogens with one attached hydrogen (secondary N) is 3. The molecule has 8 heteroatoms. The maximum Gasteiger partial charge on any atom is 0.339 e. The van der Waals surface area contributed by atoms with Crippen LogP contribution in [0.4, 0.5) is 17.1 Å². The zero-order valence-corrected chi connectivity index (χ0v) is 15.6. The average molecular weight is 394 g/mol. The van der Waals surface area contributed by atoms with E-state index in [0.717, 1.165) is 11.3 Å². The van der Waals surface area contributed by atoms with Crippen LogP contribution in [0.25, 0.3) is 0 Å². The first-order valence-electron chi connectivity index (χ1n) is 8.11. The van der Waals surface area contributed by atoms with Gasteiger partial charge in [-0.3, -0.25) is 0 Å². The fraction of sp³-hybridized carbons (Fsp3) is 0.278. The van der Waals surface area contributed by atoms with Crippen molar-refractivity contribution in [3.05, 3.63) is 45.4 Å². The van der Waals surface area contributed by atoms with Crippen LogP contribution in [0.1, 0.15) is 29.8 Å². The van der Waals surface area contributed by atoms with Crippen LogP contribution in [0.5, 0.6) is 5.75 Å². The van der Waals surface area contributed by atoms with Gasteiger partial charge in [0.2, 0.25) is 0 Å². The largest absolute Gasteiger partial charge is 0.486 e. The van der Waals surface area contributed by atoms with Crippen LogP contribution in [0.3, 0.4) is 0 Å². The van der Waals surface area contributed by atoms with Gasteiger partial charge in [0.25, 0.3) is 0 Å². The molecule has 0 saturated carbocycles. The molecule has 1 atom stereocenters. The summed E-state index contributed by atoms with van der Waals surface area (Å²) in [5.41, 5.74) is 2.67. The van der Waals surface area contributed by atoms with Gasteiger partial charge in [-0.25, -0.2) is 4.79 Å². The Morgan fingerprint density at radius 3 is 2.65 bits per heavy atom. The molecule has 0 amide bonds. The lowest BCUT2D eigenvalue weighted by Crippen LogP contribution is -2.31. The van der Waals surface area contributed by atoms with Crippen LogP contribution in [0.15, 0.2) is 24.3 Å². The molecule has 0 saturated heterocycles. The van der Waals surface area contributed by atoms with E-state index in [1.807, 2.05) is 13.8 Å². The summed E-state index contributed by atoms with van der Waals surface area (Å²) in [5, 5.41) is 20.3. The molecule has 0 spiro atoms. The van der Waals surface area contributed by atoms with Crippen molar-refractivity contribution in [3.63, 3.8) is 0 Å². The predicted molar refractivity (Wildman–Crippen MR) is 103 cm³/mol. The second-order valence-corrected chi connectivity index (χ2v) is 7.78. The van der Waals surface area contributed by atoms with Gasteiger partial charge in [-0.2, -0.15) is 0 Å². The Morgan fingerprint density at radius 1 is 1.31 bits per heavy atom. The summed E-state index contributed by atoms with van der Waals surface area (Å²) in [6, 6.07) is 6.84. The molecule has 0 bridgehead atoms. The normalized spacial score (nSPS) is 19.0. The Bertz CT molecular complexity index is 910. The molecular formula is C18H17Cl2N3O3. The van der Waals surface area contributed by atoms with Crippen LogP contribution in [0.2, 0.25) is 10.0 Å². The van der Waals surface area contributed by atoms with E-state index in [2.05, 4.69) is 16.0 Å². The molecule has 4 N–H and O–H groups in total. The van der Waals surface area contributed by atoms with E-state index in [1.165, 1.54) is 0 Å². The molecule has 0 aliphatic carbocycles. The first-order chi connectivity index (χ1) is 12.2. The number of hydrogen-bond donors (Lipinski definition) is 4. The van der Waals surface area contributed by atoms with Gasteiger partial charge in [0.1, 0.15) is 16.9 Å². The molecule has 2 aliphatic rings. The molecule has 2 aromatic rings. The Labute approximate surface area is 160 Å². The zero-order valence-electron chi connectivity index (χ0n) is 14.1. The van der Waals surface area contributed by atoms with Gasteiger partial charge in [-0.1, -0.05) is 29.3 Å². The summed E-state index contributed by atoms with van der Waals surface area (Å²) < 4.78 is 5.89. The third-order valence-electron chi connectivity index (χ3n) is 4.43. The summed E-state index contributed by atoms with van der Waals surface area (Å²) in [4.78, 5) is 11.7. The molecule has 2 heterocycles. The monoisotopic (exact) mass is 393 g/mol. The maximum absolute atomic E-state index is 11.7. The lowest BCUT2D eigenvalue weighted by molar-refractivity contribution is 0.0685. The molecule has 26 heavy (non-hydrogen) atoms. The molecule has 0 radical (unpaired) electrons. The lowest BCUT2D eigenvalue weighted by atomic mass is 9.98. The van der Waals surface area contributed by atoms with Gasteiger partial charge < -0.3 is 25.8 Å². The van der Waals surface area contributed by atoms with E-state index < -0.39 is 11.6 Å². The van der Waals surface area contributed by atoms with Gasteiger partial charge in [0, 0.05) is 12.0 Å². The smallest absolute Gasteiger partial charge is 0.339 e. The van der Waals surface area contributed by atoms with E-state index in [-0.39, 0.29) is 11.9 Å². The second-order valence-electron chi connectivity index (χ2n) is 6.96. The number of aromatic carboxylic acids is 1. The predicted octanol–water partition coefficient (Wildman–Crippen LogP) is 4.64. The Kier molecular flexibility index (Phi) is 3.86. The number of anilines is 3. The highest BCUT2D eigenvalue weighted by Gasteiger charge is 2.39. The van der Waals surface area contributed by atoms with Crippen LogP contribution < -0.4 is 20.7 Å². The van der Waals surface area contributed by atoms with Crippen LogP contribution in [0, 0.1) is 0 Å².